The maximum atomic E-state index is 13.2. The lowest BCUT2D eigenvalue weighted by atomic mass is 9.88. The highest BCUT2D eigenvalue weighted by atomic mass is 16.5. The van der Waals surface area contributed by atoms with E-state index in [1.165, 1.54) is 16.8 Å². The molecule has 0 spiro atoms. The van der Waals surface area contributed by atoms with Crippen LogP contribution >= 0.6 is 0 Å². The SMILES string of the molecule is COCCN1C(=O)CC[C@@H](C(=O)N2CCN(c3cccc(C)c3C)CC2)[C@H]1C. The lowest BCUT2D eigenvalue weighted by Gasteiger charge is -2.43. The summed E-state index contributed by atoms with van der Waals surface area (Å²) in [5.74, 6) is 0.221. The van der Waals surface area contributed by atoms with Crippen LogP contribution in [0.15, 0.2) is 18.2 Å². The van der Waals surface area contributed by atoms with Crippen molar-refractivity contribution in [3.8, 4) is 0 Å². The van der Waals surface area contributed by atoms with E-state index in [4.69, 9.17) is 4.74 Å². The van der Waals surface area contributed by atoms with Crippen molar-refractivity contribution in [3.05, 3.63) is 29.3 Å². The van der Waals surface area contributed by atoms with E-state index in [9.17, 15) is 9.59 Å². The molecule has 0 unspecified atom stereocenters. The van der Waals surface area contributed by atoms with Crippen molar-refractivity contribution in [1.29, 1.82) is 0 Å². The molecule has 2 heterocycles. The number of anilines is 1. The molecule has 0 aromatic heterocycles. The lowest BCUT2D eigenvalue weighted by molar-refractivity contribution is -0.147. The monoisotopic (exact) mass is 387 g/mol. The van der Waals surface area contributed by atoms with Gasteiger partial charge in [-0.05, 0) is 44.4 Å². The summed E-state index contributed by atoms with van der Waals surface area (Å²) in [5, 5.41) is 0. The number of hydrogen-bond acceptors (Lipinski definition) is 4. The first-order valence-corrected chi connectivity index (χ1v) is 10.3. The molecule has 0 saturated carbocycles. The van der Waals surface area contributed by atoms with Gasteiger partial charge in [0.1, 0.15) is 0 Å². The van der Waals surface area contributed by atoms with Crippen LogP contribution in [0.1, 0.15) is 30.9 Å². The van der Waals surface area contributed by atoms with Gasteiger partial charge in [-0.15, -0.1) is 0 Å². The molecule has 0 aliphatic carbocycles. The molecule has 154 valence electrons. The van der Waals surface area contributed by atoms with Crippen molar-refractivity contribution in [2.24, 2.45) is 5.92 Å². The highest BCUT2D eigenvalue weighted by Gasteiger charge is 2.39. The maximum Gasteiger partial charge on any atom is 0.227 e. The minimum Gasteiger partial charge on any atom is -0.383 e. The molecule has 2 amide bonds. The van der Waals surface area contributed by atoms with Crippen molar-refractivity contribution in [3.63, 3.8) is 0 Å². The van der Waals surface area contributed by atoms with Crippen LogP contribution in [0, 0.1) is 19.8 Å². The Balaban J connectivity index is 1.61. The second-order valence-corrected chi connectivity index (χ2v) is 8.00. The molecule has 2 fully saturated rings. The Morgan fingerprint density at radius 1 is 1.18 bits per heavy atom. The Bertz CT molecular complexity index is 713. The Kier molecular flexibility index (Phi) is 6.60. The van der Waals surface area contributed by atoms with E-state index in [0.29, 0.717) is 26.0 Å². The molecular weight excluding hydrogens is 354 g/mol. The average molecular weight is 388 g/mol. The fourth-order valence-corrected chi connectivity index (χ4v) is 4.44. The number of nitrogens with zero attached hydrogens (tertiary/aromatic N) is 3. The third-order valence-corrected chi connectivity index (χ3v) is 6.43. The number of piperazine rings is 1. The van der Waals surface area contributed by atoms with Gasteiger partial charge in [-0.3, -0.25) is 9.59 Å². The van der Waals surface area contributed by atoms with E-state index < -0.39 is 0 Å². The Morgan fingerprint density at radius 3 is 2.57 bits per heavy atom. The Morgan fingerprint density at radius 2 is 1.89 bits per heavy atom. The van der Waals surface area contributed by atoms with E-state index >= 15 is 0 Å². The molecule has 2 saturated heterocycles. The van der Waals surface area contributed by atoms with Crippen LogP contribution in [-0.2, 0) is 14.3 Å². The van der Waals surface area contributed by atoms with E-state index in [-0.39, 0.29) is 23.8 Å². The number of benzene rings is 1. The molecule has 3 rings (SSSR count). The summed E-state index contributed by atoms with van der Waals surface area (Å²) in [6.07, 6.45) is 1.10. The lowest BCUT2D eigenvalue weighted by Crippen LogP contribution is -2.56. The van der Waals surface area contributed by atoms with E-state index in [1.807, 2.05) is 16.7 Å². The van der Waals surface area contributed by atoms with Crippen LogP contribution in [-0.4, -0.2) is 74.1 Å². The topological polar surface area (TPSA) is 53.1 Å². The molecule has 6 heteroatoms. The van der Waals surface area contributed by atoms with Crippen molar-refractivity contribution in [2.45, 2.75) is 39.7 Å². The third kappa shape index (κ3) is 4.17. The zero-order chi connectivity index (χ0) is 20.3. The summed E-state index contributed by atoms with van der Waals surface area (Å²) in [5.41, 5.74) is 3.89. The van der Waals surface area contributed by atoms with Gasteiger partial charge in [0.25, 0.3) is 0 Å². The summed E-state index contributed by atoms with van der Waals surface area (Å²) >= 11 is 0. The number of methoxy groups -OCH3 is 1. The largest absolute Gasteiger partial charge is 0.383 e. The van der Waals surface area contributed by atoms with Crippen LogP contribution in [0.5, 0.6) is 0 Å². The van der Waals surface area contributed by atoms with Crippen LogP contribution in [0.2, 0.25) is 0 Å². The molecule has 1 aromatic rings. The fourth-order valence-electron chi connectivity index (χ4n) is 4.44. The third-order valence-electron chi connectivity index (χ3n) is 6.43. The van der Waals surface area contributed by atoms with Gasteiger partial charge in [-0.1, -0.05) is 12.1 Å². The van der Waals surface area contributed by atoms with E-state index in [2.05, 4.69) is 36.9 Å². The van der Waals surface area contributed by atoms with Gasteiger partial charge >= 0.3 is 0 Å². The van der Waals surface area contributed by atoms with E-state index in [1.54, 1.807) is 7.11 Å². The molecule has 6 nitrogen and oxygen atoms in total. The van der Waals surface area contributed by atoms with E-state index in [0.717, 1.165) is 26.2 Å². The molecular formula is C22H33N3O3. The van der Waals surface area contributed by atoms with Crippen LogP contribution in [0.3, 0.4) is 0 Å². The minimum absolute atomic E-state index is 0.0686. The highest BCUT2D eigenvalue weighted by Crippen LogP contribution is 2.28. The van der Waals surface area contributed by atoms with Crippen molar-refractivity contribution in [1.82, 2.24) is 9.80 Å². The number of hydrogen-bond donors (Lipinski definition) is 0. The van der Waals surface area contributed by atoms with Gasteiger partial charge in [-0.25, -0.2) is 0 Å². The number of aryl methyl sites for hydroxylation is 1. The standard InChI is InChI=1S/C22H33N3O3/c1-16-6-5-7-20(17(16)2)23-10-12-24(13-11-23)22(27)19-8-9-21(26)25(18(19)3)14-15-28-4/h5-7,18-19H,8-15H2,1-4H3/t18-,19-/m1/s1. The van der Waals surface area contributed by atoms with Crippen LogP contribution in [0.4, 0.5) is 5.69 Å². The molecule has 28 heavy (non-hydrogen) atoms. The van der Waals surface area contributed by atoms with Gasteiger partial charge in [0.15, 0.2) is 0 Å². The van der Waals surface area contributed by atoms with Crippen LogP contribution in [0.25, 0.3) is 0 Å². The van der Waals surface area contributed by atoms with Gasteiger partial charge in [0.05, 0.1) is 12.5 Å². The summed E-state index contributed by atoms with van der Waals surface area (Å²) in [7, 11) is 1.64. The Labute approximate surface area is 168 Å². The molecule has 0 N–H and O–H groups in total. The second-order valence-electron chi connectivity index (χ2n) is 8.00. The zero-order valence-corrected chi connectivity index (χ0v) is 17.6. The molecule has 0 radical (unpaired) electrons. The van der Waals surface area contributed by atoms with Gasteiger partial charge in [0.2, 0.25) is 11.8 Å². The summed E-state index contributed by atoms with van der Waals surface area (Å²) in [6.45, 7) is 10.5. The molecule has 1 aromatic carbocycles. The number of piperidine rings is 1. The van der Waals surface area contributed by atoms with Crippen molar-refractivity contribution >= 4 is 17.5 Å². The van der Waals surface area contributed by atoms with Crippen molar-refractivity contribution < 1.29 is 14.3 Å². The first kappa shape index (κ1) is 20.6. The Hall–Kier alpha value is -2.08. The summed E-state index contributed by atoms with van der Waals surface area (Å²) < 4.78 is 5.13. The predicted octanol–water partition coefficient (Wildman–Crippen LogP) is 2.23. The summed E-state index contributed by atoms with van der Waals surface area (Å²) in [6, 6.07) is 6.34. The average Bonchev–Trinajstić information content (AvgIpc) is 2.70. The highest BCUT2D eigenvalue weighted by molar-refractivity contribution is 5.84. The van der Waals surface area contributed by atoms with Crippen molar-refractivity contribution in [2.75, 3.05) is 51.3 Å². The molecule has 2 aliphatic rings. The molecule has 2 aliphatic heterocycles. The number of ether oxygens (including phenoxy) is 1. The zero-order valence-electron chi connectivity index (χ0n) is 17.6. The smallest absolute Gasteiger partial charge is 0.227 e. The number of likely N-dealkylation sites (tertiary alicyclic amines) is 1. The maximum absolute atomic E-state index is 13.2. The number of carbonyl (C=O) groups excluding carboxylic acids is 2. The van der Waals surface area contributed by atoms with Gasteiger partial charge < -0.3 is 19.4 Å². The number of rotatable bonds is 5. The summed E-state index contributed by atoms with van der Waals surface area (Å²) in [4.78, 5) is 31.6. The predicted molar refractivity (Wildman–Crippen MR) is 110 cm³/mol. The minimum atomic E-state index is -0.109. The quantitative estimate of drug-likeness (QED) is 0.777. The van der Waals surface area contributed by atoms with Gasteiger partial charge in [-0.2, -0.15) is 0 Å². The molecule has 2 atom stereocenters. The first-order chi connectivity index (χ1) is 13.4. The molecule has 0 bridgehead atoms. The number of amides is 2. The van der Waals surface area contributed by atoms with Crippen LogP contribution < -0.4 is 4.90 Å². The number of carbonyl (C=O) groups is 2. The first-order valence-electron chi connectivity index (χ1n) is 10.3. The normalized spacial score (nSPS) is 23.3. The van der Waals surface area contributed by atoms with Gasteiger partial charge in [0, 0.05) is 58.0 Å². The fraction of sp³-hybridized carbons (Fsp3) is 0.636. The second kappa shape index (κ2) is 8.95.